The first-order valence-electron chi connectivity index (χ1n) is 3.15. The van der Waals surface area contributed by atoms with Crippen LogP contribution in [0.4, 0.5) is 5.82 Å². The van der Waals surface area contributed by atoms with Crippen molar-refractivity contribution in [3.8, 4) is 5.75 Å². The minimum Gasteiger partial charge on any atom is -0.505 e. The fraction of sp³-hybridized carbons (Fsp3) is 0. The highest BCUT2D eigenvalue weighted by Gasteiger charge is 1.95. The zero-order valence-electron chi connectivity index (χ0n) is 6.35. The molecule has 48 valence electrons. The van der Waals surface area contributed by atoms with Crippen LogP contribution < -0.4 is 5.73 Å². The first kappa shape index (κ1) is 4.11. The van der Waals surface area contributed by atoms with Gasteiger partial charge >= 0.3 is 0 Å². The number of hydrogen-bond donors (Lipinski definition) is 2. The lowest BCUT2D eigenvalue weighted by Crippen LogP contribution is -1.88. The van der Waals surface area contributed by atoms with Gasteiger partial charge in [-0.3, -0.25) is 0 Å². The lowest BCUT2D eigenvalue weighted by Gasteiger charge is -1.94. The number of aromatic hydroxyl groups is 1. The zero-order valence-corrected chi connectivity index (χ0v) is 5.94. The van der Waals surface area contributed by atoms with E-state index in [1.165, 1.54) is 0 Å². The zero-order chi connectivity index (χ0) is 8.59. The Hall–Kier alpha value is -0.770. The van der Waals surface area contributed by atoms with Crippen LogP contribution in [0, 0.1) is 0 Å². The Morgan fingerprint density at radius 2 is 2.44 bits per heavy atom. The molecule has 0 radical (unpaired) electrons. The summed E-state index contributed by atoms with van der Waals surface area (Å²) in [6.45, 7) is 0. The van der Waals surface area contributed by atoms with Gasteiger partial charge in [0.1, 0.15) is 16.2 Å². The van der Waals surface area contributed by atoms with Crippen LogP contribution in [0.2, 0.25) is 0 Å². The van der Waals surface area contributed by atoms with Gasteiger partial charge in [-0.25, -0.2) is 4.98 Å². The van der Waals surface area contributed by atoms with E-state index >= 15 is 0 Å². The molecule has 0 aromatic carbocycles. The molecule has 0 fully saturated rings. The molecule has 1 aromatic rings. The molecule has 0 aliphatic rings. The average molecular weight is 191 g/mol. The van der Waals surface area contributed by atoms with E-state index in [1.807, 2.05) is 0 Å². The first-order chi connectivity index (χ1) is 5.04. The molecule has 0 aliphatic heterocycles. The number of anilines is 1. The maximum Gasteiger partial charge on any atom is 0.150 e. The number of nitrogen functional groups attached to an aromatic ring is 1. The molecule has 0 bridgehead atoms. The molecule has 3 N–H and O–H groups in total. The van der Waals surface area contributed by atoms with E-state index in [0.29, 0.717) is 0 Å². The van der Waals surface area contributed by atoms with Gasteiger partial charge in [0.15, 0.2) is 0 Å². The topological polar surface area (TPSA) is 59.1 Å². The van der Waals surface area contributed by atoms with Crippen LogP contribution in [0.15, 0.2) is 16.7 Å². The molecule has 9 heavy (non-hydrogen) atoms. The molecule has 0 amide bonds. The molecular formula is C5H5BrN2O. The fourth-order valence-corrected chi connectivity index (χ4v) is 0.652. The summed E-state index contributed by atoms with van der Waals surface area (Å²) < 4.78 is 14.4. The van der Waals surface area contributed by atoms with Gasteiger partial charge in [-0.15, -0.1) is 0 Å². The van der Waals surface area contributed by atoms with Crippen molar-refractivity contribution in [2.75, 3.05) is 5.73 Å². The first-order valence-corrected chi connectivity index (χ1v) is 2.94. The van der Waals surface area contributed by atoms with E-state index in [9.17, 15) is 0 Å². The minimum absolute atomic E-state index is 0.0697. The van der Waals surface area contributed by atoms with Crippen molar-refractivity contribution in [1.82, 2.24) is 4.98 Å². The number of aromatic nitrogens is 1. The predicted octanol–water partition coefficient (Wildman–Crippen LogP) is 1.13. The summed E-state index contributed by atoms with van der Waals surface area (Å²) in [6, 6.07) is -0.574. The summed E-state index contributed by atoms with van der Waals surface area (Å²) in [5.74, 6) is -0.427. The van der Waals surface area contributed by atoms with Crippen LogP contribution in [0.5, 0.6) is 5.75 Å². The van der Waals surface area contributed by atoms with Crippen LogP contribution in [-0.4, -0.2) is 10.1 Å². The van der Waals surface area contributed by atoms with Gasteiger partial charge in [0, 0.05) is 0 Å². The Balaban J connectivity index is 3.46. The summed E-state index contributed by atoms with van der Waals surface area (Å²) in [5, 5.41) is 9.04. The monoisotopic (exact) mass is 190 g/mol. The molecule has 0 aliphatic carbocycles. The molecule has 0 spiro atoms. The quantitative estimate of drug-likeness (QED) is 0.604. The van der Waals surface area contributed by atoms with E-state index in [-0.39, 0.29) is 28.3 Å². The molecular weight excluding hydrogens is 184 g/mol. The highest BCUT2D eigenvalue weighted by atomic mass is 79.9. The van der Waals surface area contributed by atoms with Gasteiger partial charge in [-0.05, 0) is 28.0 Å². The second kappa shape index (κ2) is 2.23. The lowest BCUT2D eigenvalue weighted by molar-refractivity contribution is 0.469. The second-order valence-corrected chi connectivity index (χ2v) is 2.14. The molecule has 4 heteroatoms. The number of nitrogens with two attached hydrogens (primary N) is 1. The third-order valence-electron chi connectivity index (χ3n) is 0.723. The molecule has 1 aromatic heterocycles. The maximum atomic E-state index is 9.04. The number of rotatable bonds is 0. The third-order valence-corrected chi connectivity index (χ3v) is 1.28. The van der Waals surface area contributed by atoms with Crippen molar-refractivity contribution in [2.45, 2.75) is 0 Å². The van der Waals surface area contributed by atoms with Gasteiger partial charge < -0.3 is 10.8 Å². The Labute approximate surface area is 63.5 Å². The third kappa shape index (κ3) is 1.32. The van der Waals surface area contributed by atoms with E-state index in [1.54, 1.807) is 0 Å². The van der Waals surface area contributed by atoms with Crippen molar-refractivity contribution in [2.24, 2.45) is 0 Å². The second-order valence-electron chi connectivity index (χ2n) is 1.39. The molecule has 0 atom stereocenters. The Kier molecular flexibility index (Phi) is 1.02. The predicted molar refractivity (Wildman–Crippen MR) is 38.0 cm³/mol. The SMILES string of the molecule is [2H]c1c(N)nc(Br)c(O)c1[2H]. The molecule has 0 unspecified atom stereocenters. The lowest BCUT2D eigenvalue weighted by atomic mass is 10.4. The molecule has 1 rings (SSSR count). The summed E-state index contributed by atoms with van der Waals surface area (Å²) >= 11 is 2.89. The van der Waals surface area contributed by atoms with E-state index in [4.69, 9.17) is 13.6 Å². The molecule has 3 nitrogen and oxygen atoms in total. The van der Waals surface area contributed by atoms with Crippen LogP contribution in [0.1, 0.15) is 2.74 Å². The fourth-order valence-electron chi connectivity index (χ4n) is 0.361. The van der Waals surface area contributed by atoms with Gasteiger partial charge in [0.25, 0.3) is 0 Å². The Morgan fingerprint density at radius 1 is 1.78 bits per heavy atom. The van der Waals surface area contributed by atoms with Gasteiger partial charge in [0.05, 0.1) is 2.74 Å². The minimum atomic E-state index is -0.357. The summed E-state index contributed by atoms with van der Waals surface area (Å²) in [7, 11) is 0. The highest BCUT2D eigenvalue weighted by molar-refractivity contribution is 9.10. The number of nitrogens with zero attached hydrogens (tertiary/aromatic N) is 1. The van der Waals surface area contributed by atoms with Crippen LogP contribution in [0.25, 0.3) is 0 Å². The van der Waals surface area contributed by atoms with Crippen LogP contribution >= 0.6 is 15.9 Å². The van der Waals surface area contributed by atoms with Gasteiger partial charge in [-0.1, -0.05) is 0 Å². The standard InChI is InChI=1S/C5H5BrN2O/c6-5-3(9)1-2-4(7)8-5/h1-2,9H,(H2,7,8)/i1D,2D. The number of hydrogen-bond acceptors (Lipinski definition) is 3. The van der Waals surface area contributed by atoms with Crippen LogP contribution in [0.3, 0.4) is 0 Å². The van der Waals surface area contributed by atoms with Crippen molar-refractivity contribution < 1.29 is 7.85 Å². The summed E-state index contributed by atoms with van der Waals surface area (Å²) in [5.41, 5.74) is 5.23. The van der Waals surface area contributed by atoms with Crippen molar-refractivity contribution in [3.05, 3.63) is 16.7 Å². The molecule has 1 heterocycles. The van der Waals surface area contributed by atoms with Crippen molar-refractivity contribution >= 4 is 21.7 Å². The number of halogens is 1. The highest BCUT2D eigenvalue weighted by Crippen LogP contribution is 2.20. The van der Waals surface area contributed by atoms with Gasteiger partial charge in [0.2, 0.25) is 0 Å². The van der Waals surface area contributed by atoms with Crippen molar-refractivity contribution in [3.63, 3.8) is 0 Å². The van der Waals surface area contributed by atoms with Crippen molar-refractivity contribution in [1.29, 1.82) is 0 Å². The summed E-state index contributed by atoms with van der Waals surface area (Å²) in [4.78, 5) is 3.57. The summed E-state index contributed by atoms with van der Waals surface area (Å²) in [6.07, 6.45) is 0. The van der Waals surface area contributed by atoms with E-state index in [0.717, 1.165) is 0 Å². The largest absolute Gasteiger partial charge is 0.505 e. The van der Waals surface area contributed by atoms with E-state index in [2.05, 4.69) is 20.9 Å². The molecule has 0 saturated heterocycles. The molecule has 0 saturated carbocycles. The number of pyridine rings is 1. The Morgan fingerprint density at radius 3 is 3.11 bits per heavy atom. The maximum absolute atomic E-state index is 9.04. The van der Waals surface area contributed by atoms with Crippen LogP contribution in [-0.2, 0) is 0 Å². The normalized spacial score (nSPS) is 12.6. The Bertz CT molecular complexity index is 279. The smallest absolute Gasteiger partial charge is 0.150 e. The van der Waals surface area contributed by atoms with E-state index < -0.39 is 0 Å². The van der Waals surface area contributed by atoms with Gasteiger partial charge in [-0.2, -0.15) is 0 Å². The average Bonchev–Trinajstić information content (AvgIpc) is 1.97.